The fourth-order valence-electron chi connectivity index (χ4n) is 1.07. The average molecular weight is 111 g/mol. The smallest absolute Gasteiger partial charge is 0.0272 e. The normalized spacial score (nSPS) is 24.0. The van der Waals surface area contributed by atoms with Gasteiger partial charge in [0.1, 0.15) is 0 Å². The Morgan fingerprint density at radius 3 is 2.00 bits per heavy atom. The highest BCUT2D eigenvalue weighted by molar-refractivity contribution is 4.93. The van der Waals surface area contributed by atoms with Crippen LogP contribution >= 0.6 is 0 Å². The second-order valence-corrected chi connectivity index (χ2v) is 3.20. The van der Waals surface area contributed by atoms with E-state index in [2.05, 4.69) is 20.8 Å². The van der Waals surface area contributed by atoms with Crippen LogP contribution in [0.3, 0.4) is 0 Å². The Morgan fingerprint density at radius 2 is 1.88 bits per heavy atom. The Kier molecular flexibility index (Phi) is 1.59. The highest BCUT2D eigenvalue weighted by Gasteiger charge is 2.29. The minimum absolute atomic E-state index is 0.898. The van der Waals surface area contributed by atoms with Crippen LogP contribution in [0.15, 0.2) is 0 Å². The number of hydrogen-bond acceptors (Lipinski definition) is 0. The first-order valence-corrected chi connectivity index (χ1v) is 3.52. The molecule has 1 atom stereocenters. The Morgan fingerprint density at radius 1 is 1.38 bits per heavy atom. The lowest BCUT2D eigenvalue weighted by molar-refractivity contribution is 0.529. The van der Waals surface area contributed by atoms with Crippen LogP contribution in [-0.2, 0) is 0 Å². The van der Waals surface area contributed by atoms with Gasteiger partial charge in [-0.1, -0.05) is 20.8 Å². The highest BCUT2D eigenvalue weighted by Crippen LogP contribution is 2.40. The van der Waals surface area contributed by atoms with Crippen molar-refractivity contribution in [3.63, 3.8) is 0 Å². The first-order valence-electron chi connectivity index (χ1n) is 3.52. The van der Waals surface area contributed by atoms with Gasteiger partial charge in [0.15, 0.2) is 0 Å². The SMILES string of the molecule is C[C](C)C(C)C1CC1. The molecule has 0 aromatic carbocycles. The molecule has 0 amide bonds. The fraction of sp³-hybridized carbons (Fsp3) is 0.875. The van der Waals surface area contributed by atoms with Crippen LogP contribution in [0.2, 0.25) is 0 Å². The Balaban J connectivity index is 2.22. The van der Waals surface area contributed by atoms with E-state index in [0.717, 1.165) is 11.8 Å². The molecule has 47 valence electrons. The van der Waals surface area contributed by atoms with Gasteiger partial charge in [0.25, 0.3) is 0 Å². The molecule has 1 unspecified atom stereocenters. The lowest BCUT2D eigenvalue weighted by Gasteiger charge is -2.12. The zero-order chi connectivity index (χ0) is 6.15. The van der Waals surface area contributed by atoms with Gasteiger partial charge in [-0.2, -0.15) is 0 Å². The summed E-state index contributed by atoms with van der Waals surface area (Å²) in [6.07, 6.45) is 2.96. The van der Waals surface area contributed by atoms with Gasteiger partial charge in [-0.05, 0) is 30.6 Å². The minimum atomic E-state index is 0.898. The lowest BCUT2D eigenvalue weighted by Crippen LogP contribution is -2.02. The molecule has 1 radical (unpaired) electrons. The summed E-state index contributed by atoms with van der Waals surface area (Å²) < 4.78 is 0. The largest absolute Gasteiger partial charge is 0.0617 e. The molecule has 0 aromatic rings. The molecule has 1 aliphatic carbocycles. The van der Waals surface area contributed by atoms with Crippen molar-refractivity contribution >= 4 is 0 Å². The molecule has 0 nitrogen and oxygen atoms in total. The number of rotatable bonds is 2. The standard InChI is InChI=1S/C8H15/c1-6(2)7(3)8-4-5-8/h7-8H,4-5H2,1-3H3. The van der Waals surface area contributed by atoms with E-state index in [1.54, 1.807) is 5.92 Å². The maximum atomic E-state index is 2.34. The van der Waals surface area contributed by atoms with E-state index in [1.165, 1.54) is 12.8 Å². The Bertz CT molecular complexity index is 68.1. The molecule has 0 N–H and O–H groups in total. The Labute approximate surface area is 52.3 Å². The summed E-state index contributed by atoms with van der Waals surface area (Å²) >= 11 is 0. The van der Waals surface area contributed by atoms with Crippen molar-refractivity contribution in [2.45, 2.75) is 33.6 Å². The summed E-state index contributed by atoms with van der Waals surface area (Å²) in [5, 5.41) is 0. The first-order chi connectivity index (χ1) is 3.72. The van der Waals surface area contributed by atoms with Gasteiger partial charge in [0, 0.05) is 0 Å². The summed E-state index contributed by atoms with van der Waals surface area (Å²) in [7, 11) is 0. The summed E-state index contributed by atoms with van der Waals surface area (Å²) in [6, 6.07) is 0. The van der Waals surface area contributed by atoms with Gasteiger partial charge in [-0.3, -0.25) is 0 Å². The van der Waals surface area contributed by atoms with Crippen LogP contribution in [0.4, 0.5) is 0 Å². The monoisotopic (exact) mass is 111 g/mol. The molecule has 0 spiro atoms. The first kappa shape index (κ1) is 6.12. The fourth-order valence-corrected chi connectivity index (χ4v) is 1.07. The van der Waals surface area contributed by atoms with E-state index in [9.17, 15) is 0 Å². The van der Waals surface area contributed by atoms with E-state index >= 15 is 0 Å². The van der Waals surface area contributed by atoms with Gasteiger partial charge < -0.3 is 0 Å². The van der Waals surface area contributed by atoms with Gasteiger partial charge in [-0.15, -0.1) is 0 Å². The molecule has 0 bridgehead atoms. The van der Waals surface area contributed by atoms with Crippen molar-refractivity contribution in [3.05, 3.63) is 5.92 Å². The molecular formula is C8H15. The van der Waals surface area contributed by atoms with Crippen molar-refractivity contribution in [1.82, 2.24) is 0 Å². The molecule has 0 heteroatoms. The summed E-state index contributed by atoms with van der Waals surface area (Å²) in [6.45, 7) is 6.82. The summed E-state index contributed by atoms with van der Waals surface area (Å²) in [4.78, 5) is 0. The van der Waals surface area contributed by atoms with E-state index in [4.69, 9.17) is 0 Å². The van der Waals surface area contributed by atoms with Crippen molar-refractivity contribution in [3.8, 4) is 0 Å². The molecule has 0 heterocycles. The van der Waals surface area contributed by atoms with Crippen LogP contribution in [0.1, 0.15) is 33.6 Å². The second kappa shape index (κ2) is 2.08. The number of hydrogen-bond donors (Lipinski definition) is 0. The third-order valence-corrected chi connectivity index (χ3v) is 2.24. The van der Waals surface area contributed by atoms with Gasteiger partial charge >= 0.3 is 0 Å². The average Bonchev–Trinajstić information content (AvgIpc) is 2.43. The van der Waals surface area contributed by atoms with E-state index in [-0.39, 0.29) is 0 Å². The van der Waals surface area contributed by atoms with E-state index in [1.807, 2.05) is 0 Å². The lowest BCUT2D eigenvalue weighted by atomic mass is 9.93. The molecule has 1 rings (SSSR count). The molecule has 1 fully saturated rings. The van der Waals surface area contributed by atoms with Crippen LogP contribution in [0.25, 0.3) is 0 Å². The molecule has 0 aliphatic heterocycles. The molecule has 8 heavy (non-hydrogen) atoms. The Hall–Kier alpha value is 0. The maximum absolute atomic E-state index is 2.34. The zero-order valence-electron chi connectivity index (χ0n) is 6.07. The van der Waals surface area contributed by atoms with Gasteiger partial charge in [0.2, 0.25) is 0 Å². The summed E-state index contributed by atoms with van der Waals surface area (Å²) in [5.74, 6) is 3.56. The third kappa shape index (κ3) is 1.24. The van der Waals surface area contributed by atoms with Crippen molar-refractivity contribution in [2.75, 3.05) is 0 Å². The van der Waals surface area contributed by atoms with Crippen molar-refractivity contribution < 1.29 is 0 Å². The maximum Gasteiger partial charge on any atom is -0.0272 e. The van der Waals surface area contributed by atoms with Crippen molar-refractivity contribution in [1.29, 1.82) is 0 Å². The molecule has 1 aliphatic rings. The van der Waals surface area contributed by atoms with Crippen LogP contribution in [0, 0.1) is 17.8 Å². The molecular weight excluding hydrogens is 96.1 g/mol. The highest BCUT2D eigenvalue weighted by atomic mass is 14.3. The summed E-state index contributed by atoms with van der Waals surface area (Å²) in [5.41, 5.74) is 0. The van der Waals surface area contributed by atoms with Crippen LogP contribution in [-0.4, -0.2) is 0 Å². The van der Waals surface area contributed by atoms with Crippen molar-refractivity contribution in [2.24, 2.45) is 11.8 Å². The minimum Gasteiger partial charge on any atom is -0.0617 e. The van der Waals surface area contributed by atoms with Crippen LogP contribution in [0.5, 0.6) is 0 Å². The third-order valence-electron chi connectivity index (χ3n) is 2.24. The topological polar surface area (TPSA) is 0 Å². The van der Waals surface area contributed by atoms with E-state index < -0.39 is 0 Å². The molecule has 0 aromatic heterocycles. The predicted octanol–water partition coefficient (Wildman–Crippen LogP) is 2.65. The predicted molar refractivity (Wildman–Crippen MR) is 36.5 cm³/mol. The molecule has 1 saturated carbocycles. The van der Waals surface area contributed by atoms with Gasteiger partial charge in [0.05, 0.1) is 0 Å². The quantitative estimate of drug-likeness (QED) is 0.514. The van der Waals surface area contributed by atoms with Crippen LogP contribution < -0.4 is 0 Å². The second-order valence-electron chi connectivity index (χ2n) is 3.20. The molecule has 0 saturated heterocycles. The van der Waals surface area contributed by atoms with Gasteiger partial charge in [-0.25, -0.2) is 0 Å². The zero-order valence-corrected chi connectivity index (χ0v) is 6.07. The van der Waals surface area contributed by atoms with E-state index in [0.29, 0.717) is 0 Å².